The van der Waals surface area contributed by atoms with E-state index < -0.39 is 41.2 Å². The first-order valence-corrected chi connectivity index (χ1v) is 13.8. The van der Waals surface area contributed by atoms with Crippen molar-refractivity contribution in [2.24, 2.45) is 0 Å². The molecule has 0 aliphatic carbocycles. The number of nitrogens with zero attached hydrogens (tertiary/aromatic N) is 2. The minimum absolute atomic E-state index is 0.0993. The van der Waals surface area contributed by atoms with Gasteiger partial charge in [0.1, 0.15) is 17.2 Å². The van der Waals surface area contributed by atoms with Gasteiger partial charge in [0.2, 0.25) is 0 Å². The Morgan fingerprint density at radius 2 is 1.45 bits per heavy atom. The van der Waals surface area contributed by atoms with Crippen molar-refractivity contribution in [1.82, 2.24) is 4.90 Å². The van der Waals surface area contributed by atoms with Gasteiger partial charge in [-0.1, -0.05) is 36.4 Å². The van der Waals surface area contributed by atoms with Crippen molar-refractivity contribution in [3.63, 3.8) is 0 Å². The number of ether oxygens (including phenoxy) is 4. The van der Waals surface area contributed by atoms with Gasteiger partial charge in [-0.2, -0.15) is 0 Å². The van der Waals surface area contributed by atoms with Gasteiger partial charge in [-0.15, -0.1) is 0 Å². The maximum atomic E-state index is 13.4. The Balaban J connectivity index is 2.58. The number of likely N-dealkylation sites (N-methyl/N-ethyl adjacent to an activating group) is 1. The van der Waals surface area contributed by atoms with Crippen LogP contribution in [0.5, 0.6) is 0 Å². The van der Waals surface area contributed by atoms with E-state index in [-0.39, 0.29) is 18.5 Å². The zero-order valence-corrected chi connectivity index (χ0v) is 26.2. The zero-order chi connectivity index (χ0) is 31.7. The van der Waals surface area contributed by atoms with E-state index in [4.69, 9.17) is 18.9 Å². The first kappa shape index (κ1) is 34.1. The lowest BCUT2D eigenvalue weighted by atomic mass is 10.0. The first-order valence-electron chi connectivity index (χ1n) is 13.8. The molecule has 0 saturated carbocycles. The topological polar surface area (TPSA) is 112 Å². The zero-order valence-electron chi connectivity index (χ0n) is 26.2. The average Bonchev–Trinajstić information content (AvgIpc) is 2.91. The summed E-state index contributed by atoms with van der Waals surface area (Å²) in [6.07, 6.45) is -0.226. The molecule has 0 aliphatic rings. The van der Waals surface area contributed by atoms with Gasteiger partial charge in [0, 0.05) is 19.3 Å². The number of hydrogen-bond donors (Lipinski definition) is 0. The Hall–Kier alpha value is -4.08. The van der Waals surface area contributed by atoms with Crippen molar-refractivity contribution >= 4 is 29.7 Å². The van der Waals surface area contributed by atoms with Crippen LogP contribution in [0.4, 0.5) is 10.5 Å². The molecule has 42 heavy (non-hydrogen) atoms. The van der Waals surface area contributed by atoms with Gasteiger partial charge < -0.3 is 28.7 Å². The molecule has 1 atom stereocenters. The second-order valence-electron chi connectivity index (χ2n) is 11.9. The van der Waals surface area contributed by atoms with Gasteiger partial charge in [0.25, 0.3) is 0 Å². The van der Waals surface area contributed by atoms with E-state index in [0.29, 0.717) is 24.2 Å². The molecule has 2 aromatic carbocycles. The van der Waals surface area contributed by atoms with Crippen molar-refractivity contribution in [1.29, 1.82) is 0 Å². The molecular weight excluding hydrogens is 540 g/mol. The normalized spacial score (nSPS) is 12.1. The summed E-state index contributed by atoms with van der Waals surface area (Å²) < 4.78 is 21.1. The molecule has 0 fully saturated rings. The third kappa shape index (κ3) is 10.7. The van der Waals surface area contributed by atoms with Crippen LogP contribution in [0.2, 0.25) is 0 Å². The van der Waals surface area contributed by atoms with Crippen LogP contribution < -0.4 is 4.90 Å². The van der Waals surface area contributed by atoms with E-state index >= 15 is 0 Å². The Labute approximate surface area is 248 Å². The molecule has 10 nitrogen and oxygen atoms in total. The fourth-order valence-electron chi connectivity index (χ4n) is 4.09. The molecule has 0 aromatic heterocycles. The van der Waals surface area contributed by atoms with E-state index in [2.05, 4.69) is 0 Å². The highest BCUT2D eigenvalue weighted by Crippen LogP contribution is 2.28. The highest BCUT2D eigenvalue weighted by molar-refractivity contribution is 5.92. The van der Waals surface area contributed by atoms with E-state index in [0.717, 1.165) is 5.56 Å². The smallest absolute Gasteiger partial charge is 0.410 e. The number of esters is 3. The third-order valence-electron chi connectivity index (χ3n) is 6.15. The second-order valence-corrected chi connectivity index (χ2v) is 11.9. The van der Waals surface area contributed by atoms with E-state index in [1.807, 2.05) is 30.3 Å². The summed E-state index contributed by atoms with van der Waals surface area (Å²) in [6, 6.07) is 13.6. The van der Waals surface area contributed by atoms with Crippen LogP contribution in [0.1, 0.15) is 69.4 Å². The quantitative estimate of drug-likeness (QED) is 0.261. The average molecular weight is 585 g/mol. The molecule has 0 heterocycles. The maximum absolute atomic E-state index is 13.4. The number of benzene rings is 2. The molecule has 2 rings (SSSR count). The number of carbonyl (C=O) groups excluding carboxylic acids is 4. The first-order chi connectivity index (χ1) is 19.5. The number of anilines is 1. The Morgan fingerprint density at radius 1 is 0.833 bits per heavy atom. The number of amides is 1. The van der Waals surface area contributed by atoms with Gasteiger partial charge in [-0.25, -0.2) is 14.4 Å². The van der Waals surface area contributed by atoms with Crippen molar-refractivity contribution in [2.45, 2.75) is 78.2 Å². The van der Waals surface area contributed by atoms with Crippen LogP contribution in [0.15, 0.2) is 48.5 Å². The van der Waals surface area contributed by atoms with Crippen molar-refractivity contribution in [3.05, 3.63) is 65.2 Å². The number of rotatable bonds is 11. The lowest BCUT2D eigenvalue weighted by Gasteiger charge is -2.32. The monoisotopic (exact) mass is 584 g/mol. The summed E-state index contributed by atoms with van der Waals surface area (Å²) in [5.74, 6) is -1.83. The highest BCUT2D eigenvalue weighted by atomic mass is 16.6. The lowest BCUT2D eigenvalue weighted by Crippen LogP contribution is -2.42. The highest BCUT2D eigenvalue weighted by Gasteiger charge is 2.31. The van der Waals surface area contributed by atoms with Crippen LogP contribution in [0.3, 0.4) is 0 Å². The molecule has 0 aliphatic heterocycles. The summed E-state index contributed by atoms with van der Waals surface area (Å²) in [6.45, 7) is 11.1. The number of hydrogen-bond acceptors (Lipinski definition) is 9. The predicted molar refractivity (Wildman–Crippen MR) is 159 cm³/mol. The molecule has 0 spiro atoms. The maximum Gasteiger partial charge on any atom is 0.410 e. The molecule has 0 N–H and O–H groups in total. The molecule has 10 heteroatoms. The van der Waals surface area contributed by atoms with Gasteiger partial charge in [-0.05, 0) is 71.2 Å². The van der Waals surface area contributed by atoms with Gasteiger partial charge >= 0.3 is 24.0 Å². The van der Waals surface area contributed by atoms with Crippen molar-refractivity contribution < 1.29 is 38.1 Å². The molecule has 2 aromatic rings. The van der Waals surface area contributed by atoms with Gasteiger partial charge in [-0.3, -0.25) is 4.79 Å². The lowest BCUT2D eigenvalue weighted by molar-refractivity contribution is -0.148. The fraction of sp³-hybridized carbons (Fsp3) is 0.500. The summed E-state index contributed by atoms with van der Waals surface area (Å²) in [5.41, 5.74) is 0.886. The van der Waals surface area contributed by atoms with Crippen LogP contribution >= 0.6 is 0 Å². The van der Waals surface area contributed by atoms with Crippen molar-refractivity contribution in [3.8, 4) is 0 Å². The summed E-state index contributed by atoms with van der Waals surface area (Å²) in [5, 5.41) is 0. The summed E-state index contributed by atoms with van der Waals surface area (Å²) in [7, 11) is 4.08. The Bertz CT molecular complexity index is 1230. The van der Waals surface area contributed by atoms with E-state index in [9.17, 15) is 19.2 Å². The largest absolute Gasteiger partial charge is 0.469 e. The summed E-state index contributed by atoms with van der Waals surface area (Å²) in [4.78, 5) is 54.5. The van der Waals surface area contributed by atoms with Crippen LogP contribution in [-0.4, -0.2) is 74.0 Å². The molecule has 0 saturated heterocycles. The third-order valence-corrected chi connectivity index (χ3v) is 6.15. The van der Waals surface area contributed by atoms with E-state index in [1.54, 1.807) is 76.6 Å². The number of methoxy groups -OCH3 is 2. The minimum Gasteiger partial charge on any atom is -0.469 e. The fourth-order valence-corrected chi connectivity index (χ4v) is 4.09. The van der Waals surface area contributed by atoms with Gasteiger partial charge in [0.15, 0.2) is 0 Å². The Morgan fingerprint density at radius 3 is 2.00 bits per heavy atom. The standard InChI is InChI=1S/C32H44N2O8/c1-31(2,3)41-28(36)23-15-16-24(25(19-23)33(7)26(29(37)40-9)20-27(35)39-8)21-34(30(38)42-32(4,5)6)18-17-22-13-11-10-12-14-22/h10-16,19,26H,17-18,20-21H2,1-9H3. The van der Waals surface area contributed by atoms with Crippen LogP contribution in [0.25, 0.3) is 0 Å². The van der Waals surface area contributed by atoms with Crippen molar-refractivity contribution in [2.75, 3.05) is 32.7 Å². The van der Waals surface area contributed by atoms with Crippen LogP contribution in [-0.2, 0) is 41.5 Å². The predicted octanol–water partition coefficient (Wildman–Crippen LogP) is 5.16. The molecular formula is C32H44N2O8. The molecule has 0 radical (unpaired) electrons. The van der Waals surface area contributed by atoms with E-state index in [1.165, 1.54) is 14.2 Å². The van der Waals surface area contributed by atoms with Gasteiger partial charge in [0.05, 0.1) is 32.7 Å². The van der Waals surface area contributed by atoms with Crippen LogP contribution in [0, 0.1) is 0 Å². The second kappa shape index (κ2) is 14.7. The molecule has 1 amide bonds. The SMILES string of the molecule is COC(=O)CC(C(=O)OC)N(C)c1cc(C(=O)OC(C)(C)C)ccc1CN(CCc1ccccc1)C(=O)OC(C)(C)C. The Kier molecular flexibility index (Phi) is 11.9. The molecule has 0 bridgehead atoms. The molecule has 1 unspecified atom stereocenters. The summed E-state index contributed by atoms with van der Waals surface area (Å²) >= 11 is 0. The molecule has 230 valence electrons. The minimum atomic E-state index is -1.06. The number of carbonyl (C=O) groups is 4.